The molecule has 0 spiro atoms. The number of carbonyl (C=O) groups is 1. The first-order valence-electron chi connectivity index (χ1n) is 10.2. The largest absolute Gasteiger partial charge is 0.497 e. The lowest BCUT2D eigenvalue weighted by atomic mass is 9.90. The van der Waals surface area contributed by atoms with E-state index >= 15 is 0 Å². The zero-order chi connectivity index (χ0) is 19.8. The van der Waals surface area contributed by atoms with Crippen molar-refractivity contribution in [2.45, 2.75) is 38.5 Å². The normalized spacial score (nSPS) is 14.7. The molecule has 0 aliphatic carbocycles. The SMILES string of the molecule is COc1ccc(CCC(=O)N2CCC(CCc3ccc(OC)cc3)CC2)cc1. The van der Waals surface area contributed by atoms with Crippen molar-refractivity contribution in [1.82, 2.24) is 4.90 Å². The number of aryl methyl sites for hydroxylation is 2. The van der Waals surface area contributed by atoms with Crippen LogP contribution in [0.15, 0.2) is 48.5 Å². The smallest absolute Gasteiger partial charge is 0.222 e. The second-order valence-electron chi connectivity index (χ2n) is 7.56. The number of likely N-dealkylation sites (tertiary alicyclic amines) is 1. The summed E-state index contributed by atoms with van der Waals surface area (Å²) in [5.74, 6) is 2.76. The summed E-state index contributed by atoms with van der Waals surface area (Å²) in [4.78, 5) is 14.6. The molecule has 150 valence electrons. The molecule has 1 fully saturated rings. The maximum atomic E-state index is 12.5. The zero-order valence-electron chi connectivity index (χ0n) is 17.0. The monoisotopic (exact) mass is 381 g/mol. The molecule has 1 saturated heterocycles. The molecule has 1 aliphatic heterocycles. The summed E-state index contributed by atoms with van der Waals surface area (Å²) in [6.45, 7) is 1.80. The van der Waals surface area contributed by atoms with Gasteiger partial charge in [0, 0.05) is 19.5 Å². The van der Waals surface area contributed by atoms with Gasteiger partial charge in [0.25, 0.3) is 0 Å². The number of piperidine rings is 1. The minimum absolute atomic E-state index is 0.282. The van der Waals surface area contributed by atoms with Crippen molar-refractivity contribution in [2.24, 2.45) is 5.92 Å². The second kappa shape index (κ2) is 10.2. The van der Waals surface area contributed by atoms with Crippen LogP contribution in [0.25, 0.3) is 0 Å². The van der Waals surface area contributed by atoms with Crippen molar-refractivity contribution in [3.8, 4) is 11.5 Å². The molecule has 0 atom stereocenters. The van der Waals surface area contributed by atoms with Crippen LogP contribution >= 0.6 is 0 Å². The molecule has 2 aromatic carbocycles. The standard InChI is InChI=1S/C24H31NO3/c1-27-22-10-5-19(6-11-22)3-4-21-15-17-25(18-16-21)24(26)14-9-20-7-12-23(28-2)13-8-20/h5-8,10-13,21H,3-4,9,14-18H2,1-2H3. The quantitative estimate of drug-likeness (QED) is 0.675. The summed E-state index contributed by atoms with van der Waals surface area (Å²) in [5.41, 5.74) is 2.54. The van der Waals surface area contributed by atoms with E-state index in [4.69, 9.17) is 9.47 Å². The predicted molar refractivity (Wildman–Crippen MR) is 112 cm³/mol. The van der Waals surface area contributed by atoms with Crippen LogP contribution in [-0.4, -0.2) is 38.1 Å². The van der Waals surface area contributed by atoms with Gasteiger partial charge in [-0.15, -0.1) is 0 Å². The van der Waals surface area contributed by atoms with Crippen LogP contribution in [0, 0.1) is 5.92 Å². The summed E-state index contributed by atoms with van der Waals surface area (Å²) in [6.07, 6.45) is 5.90. The van der Waals surface area contributed by atoms with Crippen LogP contribution in [0.5, 0.6) is 11.5 Å². The molecule has 4 nitrogen and oxygen atoms in total. The van der Waals surface area contributed by atoms with Gasteiger partial charge in [-0.2, -0.15) is 0 Å². The van der Waals surface area contributed by atoms with Gasteiger partial charge in [-0.1, -0.05) is 24.3 Å². The third kappa shape index (κ3) is 5.75. The number of nitrogens with zero attached hydrogens (tertiary/aromatic N) is 1. The Morgan fingerprint density at radius 3 is 1.86 bits per heavy atom. The highest BCUT2D eigenvalue weighted by Crippen LogP contribution is 2.24. The van der Waals surface area contributed by atoms with E-state index in [-0.39, 0.29) is 5.91 Å². The number of rotatable bonds is 8. The summed E-state index contributed by atoms with van der Waals surface area (Å²) in [6, 6.07) is 16.3. The number of carbonyl (C=O) groups excluding carboxylic acids is 1. The van der Waals surface area contributed by atoms with Gasteiger partial charge in [0.15, 0.2) is 0 Å². The number of benzene rings is 2. The predicted octanol–water partition coefficient (Wildman–Crippen LogP) is 4.51. The van der Waals surface area contributed by atoms with E-state index in [1.165, 1.54) is 17.5 Å². The molecule has 0 N–H and O–H groups in total. The molecule has 3 rings (SSSR count). The number of hydrogen-bond acceptors (Lipinski definition) is 3. The van der Waals surface area contributed by atoms with Gasteiger partial charge in [0.05, 0.1) is 14.2 Å². The Hall–Kier alpha value is -2.49. The Morgan fingerprint density at radius 1 is 0.857 bits per heavy atom. The van der Waals surface area contributed by atoms with Crippen LogP contribution in [0.3, 0.4) is 0 Å². The fraction of sp³-hybridized carbons (Fsp3) is 0.458. The first kappa shape index (κ1) is 20.2. The highest BCUT2D eigenvalue weighted by atomic mass is 16.5. The van der Waals surface area contributed by atoms with E-state index in [2.05, 4.69) is 12.1 Å². The number of methoxy groups -OCH3 is 2. The number of hydrogen-bond donors (Lipinski definition) is 0. The third-order valence-electron chi connectivity index (χ3n) is 5.75. The lowest BCUT2D eigenvalue weighted by molar-refractivity contribution is -0.132. The molecule has 0 unspecified atom stereocenters. The molecule has 0 saturated carbocycles. The first-order valence-corrected chi connectivity index (χ1v) is 10.2. The minimum Gasteiger partial charge on any atom is -0.497 e. The highest BCUT2D eigenvalue weighted by Gasteiger charge is 2.22. The third-order valence-corrected chi connectivity index (χ3v) is 5.75. The Kier molecular flexibility index (Phi) is 7.35. The average molecular weight is 382 g/mol. The van der Waals surface area contributed by atoms with Crippen molar-refractivity contribution in [3.05, 3.63) is 59.7 Å². The lowest BCUT2D eigenvalue weighted by Crippen LogP contribution is -2.38. The van der Waals surface area contributed by atoms with Gasteiger partial charge in [-0.05, 0) is 73.4 Å². The molecule has 28 heavy (non-hydrogen) atoms. The van der Waals surface area contributed by atoms with E-state index in [1.807, 2.05) is 41.3 Å². The Balaban J connectivity index is 1.37. The van der Waals surface area contributed by atoms with Gasteiger partial charge in [0.1, 0.15) is 11.5 Å². The topological polar surface area (TPSA) is 38.8 Å². The average Bonchev–Trinajstić information content (AvgIpc) is 2.77. The molecule has 0 aromatic heterocycles. The van der Waals surface area contributed by atoms with E-state index in [9.17, 15) is 4.79 Å². The van der Waals surface area contributed by atoms with Gasteiger partial charge in [0.2, 0.25) is 5.91 Å². The summed E-state index contributed by atoms with van der Waals surface area (Å²) in [7, 11) is 3.36. The van der Waals surface area contributed by atoms with Gasteiger partial charge in [-0.25, -0.2) is 0 Å². The van der Waals surface area contributed by atoms with Crippen molar-refractivity contribution >= 4 is 5.91 Å². The molecule has 4 heteroatoms. The molecular weight excluding hydrogens is 350 g/mol. The number of amides is 1. The van der Waals surface area contributed by atoms with Gasteiger partial charge >= 0.3 is 0 Å². The van der Waals surface area contributed by atoms with Gasteiger partial charge in [-0.3, -0.25) is 4.79 Å². The van der Waals surface area contributed by atoms with Crippen molar-refractivity contribution in [1.29, 1.82) is 0 Å². The van der Waals surface area contributed by atoms with Crippen LogP contribution in [0.1, 0.15) is 36.8 Å². The van der Waals surface area contributed by atoms with Crippen molar-refractivity contribution in [2.75, 3.05) is 27.3 Å². The van der Waals surface area contributed by atoms with E-state index in [1.54, 1.807) is 14.2 Å². The molecule has 0 radical (unpaired) electrons. The van der Waals surface area contributed by atoms with E-state index in [0.29, 0.717) is 12.3 Å². The first-order chi connectivity index (χ1) is 13.7. The van der Waals surface area contributed by atoms with Crippen molar-refractivity contribution in [3.63, 3.8) is 0 Å². The molecule has 1 aliphatic rings. The Bertz CT molecular complexity index is 731. The van der Waals surface area contributed by atoms with Crippen molar-refractivity contribution < 1.29 is 14.3 Å². The summed E-state index contributed by atoms with van der Waals surface area (Å²) >= 11 is 0. The Morgan fingerprint density at radius 2 is 1.36 bits per heavy atom. The highest BCUT2D eigenvalue weighted by molar-refractivity contribution is 5.76. The van der Waals surface area contributed by atoms with E-state index < -0.39 is 0 Å². The van der Waals surface area contributed by atoms with Crippen LogP contribution in [0.2, 0.25) is 0 Å². The fourth-order valence-electron chi connectivity index (χ4n) is 3.84. The van der Waals surface area contributed by atoms with Crippen LogP contribution in [0.4, 0.5) is 0 Å². The van der Waals surface area contributed by atoms with Crippen LogP contribution in [-0.2, 0) is 17.6 Å². The summed E-state index contributed by atoms with van der Waals surface area (Å²) in [5, 5.41) is 0. The maximum Gasteiger partial charge on any atom is 0.222 e. The molecule has 1 amide bonds. The minimum atomic E-state index is 0.282. The lowest BCUT2D eigenvalue weighted by Gasteiger charge is -2.32. The second-order valence-corrected chi connectivity index (χ2v) is 7.56. The summed E-state index contributed by atoms with van der Waals surface area (Å²) < 4.78 is 10.4. The molecule has 1 heterocycles. The molecule has 0 bridgehead atoms. The maximum absolute atomic E-state index is 12.5. The molecular formula is C24H31NO3. The fourth-order valence-corrected chi connectivity index (χ4v) is 3.84. The van der Waals surface area contributed by atoms with Gasteiger partial charge < -0.3 is 14.4 Å². The zero-order valence-corrected chi connectivity index (χ0v) is 17.0. The van der Waals surface area contributed by atoms with Crippen LogP contribution < -0.4 is 9.47 Å². The molecule has 2 aromatic rings. The Labute approximate surface area is 168 Å². The number of ether oxygens (including phenoxy) is 2. The van der Waals surface area contributed by atoms with E-state index in [0.717, 1.165) is 50.3 Å².